The van der Waals surface area contributed by atoms with Crippen LogP contribution in [0.2, 0.25) is 0 Å². The second kappa shape index (κ2) is 38.9. The Hall–Kier alpha value is -0.890. The number of rotatable bonds is 39. The highest BCUT2D eigenvalue weighted by Gasteiger charge is 2.13. The van der Waals surface area contributed by atoms with Crippen LogP contribution < -0.4 is 0 Å². The summed E-state index contributed by atoms with van der Waals surface area (Å²) in [5.41, 5.74) is 0. The first kappa shape index (κ1) is 45.1. The number of ether oxygens (including phenoxy) is 10. The van der Waals surface area contributed by atoms with Crippen LogP contribution in [0, 0.1) is 0 Å². The Morgan fingerprint density at radius 1 is 0.479 bits per heavy atom. The van der Waals surface area contributed by atoms with Gasteiger partial charge in [-0.2, -0.15) is 0 Å². The molecular formula is C37H72O11. The lowest BCUT2D eigenvalue weighted by Gasteiger charge is -2.22. The van der Waals surface area contributed by atoms with Crippen molar-refractivity contribution in [1.82, 2.24) is 0 Å². The van der Waals surface area contributed by atoms with Crippen molar-refractivity contribution < 1.29 is 52.2 Å². The van der Waals surface area contributed by atoms with Crippen LogP contribution in [0.3, 0.4) is 0 Å². The third-order valence-corrected chi connectivity index (χ3v) is 7.88. The molecule has 0 amide bonds. The zero-order valence-corrected chi connectivity index (χ0v) is 30.6. The van der Waals surface area contributed by atoms with Crippen LogP contribution in [0.4, 0.5) is 0 Å². The van der Waals surface area contributed by atoms with E-state index in [1.165, 1.54) is 77.0 Å². The molecule has 48 heavy (non-hydrogen) atoms. The van der Waals surface area contributed by atoms with Crippen LogP contribution in [0.5, 0.6) is 0 Å². The molecule has 0 radical (unpaired) electrons. The van der Waals surface area contributed by atoms with Crippen molar-refractivity contribution >= 4 is 5.97 Å². The standard InChI is InChI=1S/C37H72O11/c1-2-3-4-5-6-7-8-9-10-11-12-13-14-17-36(38)46-34-32-44-30-28-42-26-24-40-22-20-39-21-23-41-25-27-43-29-31-45-33-35-48-37-18-15-16-19-47-37/h37H,2-35H2,1H3. The summed E-state index contributed by atoms with van der Waals surface area (Å²) in [6, 6.07) is 0. The summed E-state index contributed by atoms with van der Waals surface area (Å²) in [4.78, 5) is 11.9. The Bertz CT molecular complexity index is 634. The second-order valence-electron chi connectivity index (χ2n) is 12.2. The van der Waals surface area contributed by atoms with Crippen LogP contribution in [0.1, 0.15) is 116 Å². The van der Waals surface area contributed by atoms with Gasteiger partial charge in [-0.3, -0.25) is 4.79 Å². The third kappa shape index (κ3) is 35.0. The van der Waals surface area contributed by atoms with Crippen molar-refractivity contribution in [2.24, 2.45) is 0 Å². The maximum absolute atomic E-state index is 11.9. The molecule has 286 valence electrons. The summed E-state index contributed by atoms with van der Waals surface area (Å²) in [5, 5.41) is 0. The lowest BCUT2D eigenvalue weighted by molar-refractivity contribution is -0.169. The van der Waals surface area contributed by atoms with E-state index in [1.807, 2.05) is 0 Å². The van der Waals surface area contributed by atoms with E-state index in [4.69, 9.17) is 47.4 Å². The summed E-state index contributed by atoms with van der Waals surface area (Å²) in [5.74, 6) is -0.128. The number of hydrogen-bond donors (Lipinski definition) is 0. The summed E-state index contributed by atoms with van der Waals surface area (Å²) < 4.78 is 54.8. The maximum Gasteiger partial charge on any atom is 0.305 e. The first-order valence-electron chi connectivity index (χ1n) is 19.3. The van der Waals surface area contributed by atoms with Crippen molar-refractivity contribution in [1.29, 1.82) is 0 Å². The predicted octanol–water partition coefficient (Wildman–Crippen LogP) is 6.67. The minimum atomic E-state index is -0.128. The fourth-order valence-corrected chi connectivity index (χ4v) is 5.08. The highest BCUT2D eigenvalue weighted by molar-refractivity contribution is 5.69. The van der Waals surface area contributed by atoms with E-state index in [0.29, 0.717) is 112 Å². The average Bonchev–Trinajstić information content (AvgIpc) is 3.10. The smallest absolute Gasteiger partial charge is 0.305 e. The summed E-state index contributed by atoms with van der Waals surface area (Å²) in [7, 11) is 0. The lowest BCUT2D eigenvalue weighted by atomic mass is 10.0. The van der Waals surface area contributed by atoms with Gasteiger partial charge in [-0.1, -0.05) is 84.0 Å². The molecule has 1 unspecified atom stereocenters. The molecule has 1 rings (SSSR count). The van der Waals surface area contributed by atoms with Crippen molar-refractivity contribution in [3.63, 3.8) is 0 Å². The van der Waals surface area contributed by atoms with Crippen LogP contribution in [-0.4, -0.2) is 125 Å². The van der Waals surface area contributed by atoms with Crippen molar-refractivity contribution in [2.75, 3.05) is 112 Å². The number of hydrogen-bond acceptors (Lipinski definition) is 11. The number of carbonyl (C=O) groups excluding carboxylic acids is 1. The first-order chi connectivity index (χ1) is 23.8. The Morgan fingerprint density at radius 2 is 0.854 bits per heavy atom. The van der Waals surface area contributed by atoms with Crippen molar-refractivity contribution in [3.05, 3.63) is 0 Å². The zero-order valence-electron chi connectivity index (χ0n) is 30.6. The van der Waals surface area contributed by atoms with Gasteiger partial charge in [0, 0.05) is 13.0 Å². The quantitative estimate of drug-likeness (QED) is 0.0509. The van der Waals surface area contributed by atoms with Crippen molar-refractivity contribution in [2.45, 2.75) is 122 Å². The first-order valence-corrected chi connectivity index (χ1v) is 19.3. The highest BCUT2D eigenvalue weighted by atomic mass is 16.7. The number of esters is 1. The molecule has 0 bridgehead atoms. The van der Waals surface area contributed by atoms with Gasteiger partial charge in [-0.25, -0.2) is 0 Å². The van der Waals surface area contributed by atoms with Gasteiger partial charge in [0.25, 0.3) is 0 Å². The molecule has 1 saturated heterocycles. The molecule has 0 aliphatic carbocycles. The Kier molecular flexibility index (Phi) is 36.6. The summed E-state index contributed by atoms with van der Waals surface area (Å²) in [6.45, 7) is 10.9. The lowest BCUT2D eigenvalue weighted by Crippen LogP contribution is -2.24. The molecule has 0 N–H and O–H groups in total. The van der Waals surface area contributed by atoms with Crippen LogP contribution >= 0.6 is 0 Å². The average molecular weight is 693 g/mol. The van der Waals surface area contributed by atoms with Gasteiger partial charge in [0.15, 0.2) is 6.29 Å². The molecule has 11 heteroatoms. The molecule has 0 aromatic rings. The monoisotopic (exact) mass is 693 g/mol. The van der Waals surface area contributed by atoms with Crippen LogP contribution in [0.15, 0.2) is 0 Å². The maximum atomic E-state index is 11.9. The molecule has 0 saturated carbocycles. The van der Waals surface area contributed by atoms with Gasteiger partial charge in [0.2, 0.25) is 0 Å². The number of carbonyl (C=O) groups is 1. The molecule has 0 spiro atoms. The second-order valence-corrected chi connectivity index (χ2v) is 12.2. The van der Waals surface area contributed by atoms with Gasteiger partial charge in [-0.05, 0) is 25.7 Å². The minimum absolute atomic E-state index is 0.0654. The topological polar surface area (TPSA) is 109 Å². The van der Waals surface area contributed by atoms with E-state index in [2.05, 4.69) is 6.92 Å². The molecule has 0 aromatic carbocycles. The molecule has 1 atom stereocenters. The molecule has 1 fully saturated rings. The molecule has 11 nitrogen and oxygen atoms in total. The largest absolute Gasteiger partial charge is 0.463 e. The van der Waals surface area contributed by atoms with E-state index in [9.17, 15) is 4.79 Å². The normalized spacial score (nSPS) is 14.9. The van der Waals surface area contributed by atoms with E-state index in [1.54, 1.807) is 0 Å². The van der Waals surface area contributed by atoms with Gasteiger partial charge in [0.05, 0.1) is 99.1 Å². The van der Waals surface area contributed by atoms with Crippen molar-refractivity contribution in [3.8, 4) is 0 Å². The zero-order chi connectivity index (χ0) is 34.3. The van der Waals surface area contributed by atoms with E-state index in [-0.39, 0.29) is 12.3 Å². The van der Waals surface area contributed by atoms with E-state index in [0.717, 1.165) is 32.3 Å². The van der Waals surface area contributed by atoms with Crippen LogP contribution in [-0.2, 0) is 52.2 Å². The molecule has 1 aliphatic rings. The van der Waals surface area contributed by atoms with Crippen LogP contribution in [0.25, 0.3) is 0 Å². The highest BCUT2D eigenvalue weighted by Crippen LogP contribution is 2.14. The molecule has 0 aromatic heterocycles. The molecular weight excluding hydrogens is 620 g/mol. The van der Waals surface area contributed by atoms with Gasteiger partial charge >= 0.3 is 5.97 Å². The van der Waals surface area contributed by atoms with Gasteiger partial charge in [-0.15, -0.1) is 0 Å². The fraction of sp³-hybridized carbons (Fsp3) is 0.973. The number of unbranched alkanes of at least 4 members (excludes halogenated alkanes) is 12. The fourth-order valence-electron chi connectivity index (χ4n) is 5.08. The molecule has 1 heterocycles. The summed E-state index contributed by atoms with van der Waals surface area (Å²) >= 11 is 0. The SMILES string of the molecule is CCCCCCCCCCCCCCCC(=O)OCCOCCOCCOCCOCCOCCOCCOCCOC1CCCCO1. The third-order valence-electron chi connectivity index (χ3n) is 7.88. The van der Waals surface area contributed by atoms with E-state index < -0.39 is 0 Å². The molecule has 1 aliphatic heterocycles. The van der Waals surface area contributed by atoms with Gasteiger partial charge < -0.3 is 47.4 Å². The van der Waals surface area contributed by atoms with E-state index >= 15 is 0 Å². The Morgan fingerprint density at radius 3 is 1.25 bits per heavy atom. The predicted molar refractivity (Wildman–Crippen MR) is 187 cm³/mol. The Labute approximate surface area is 292 Å². The van der Waals surface area contributed by atoms with Gasteiger partial charge in [0.1, 0.15) is 6.61 Å². The summed E-state index contributed by atoms with van der Waals surface area (Å²) in [6.07, 6.45) is 20.6. The Balaban J connectivity index is 1.64. The minimum Gasteiger partial charge on any atom is -0.463 e.